The van der Waals surface area contributed by atoms with Crippen LogP contribution in [0.1, 0.15) is 56.1 Å². The van der Waals surface area contributed by atoms with Crippen molar-refractivity contribution in [3.8, 4) is 5.75 Å². The third-order valence-corrected chi connectivity index (χ3v) is 6.64. The number of hydrogen-bond acceptors (Lipinski definition) is 2. The molecule has 3 aliphatic rings. The van der Waals surface area contributed by atoms with E-state index in [0.29, 0.717) is 17.6 Å². The molecule has 0 aliphatic heterocycles. The normalized spacial score (nSPS) is 37.6. The van der Waals surface area contributed by atoms with Gasteiger partial charge in [0.05, 0.1) is 7.11 Å². The molecule has 2 heteroatoms. The van der Waals surface area contributed by atoms with E-state index in [2.05, 4.69) is 25.1 Å². The number of carbonyl (C=O) groups is 1. The van der Waals surface area contributed by atoms with Crippen LogP contribution in [-0.2, 0) is 11.2 Å². The first-order valence-electron chi connectivity index (χ1n) is 8.33. The summed E-state index contributed by atoms with van der Waals surface area (Å²) in [6.07, 6.45) is 6.61. The topological polar surface area (TPSA) is 26.3 Å². The summed E-state index contributed by atoms with van der Waals surface area (Å²) in [4.78, 5) is 12.3. The average Bonchev–Trinajstić information content (AvgIpc) is 2.82. The van der Waals surface area contributed by atoms with Crippen molar-refractivity contribution >= 4 is 5.78 Å². The van der Waals surface area contributed by atoms with Gasteiger partial charge in [0.2, 0.25) is 0 Å². The summed E-state index contributed by atoms with van der Waals surface area (Å²) in [6, 6.07) is 6.61. The Bertz CT molecular complexity index is 591. The molecule has 21 heavy (non-hydrogen) atoms. The van der Waals surface area contributed by atoms with E-state index in [0.717, 1.165) is 37.4 Å². The highest BCUT2D eigenvalue weighted by Gasteiger charge is 2.54. The lowest BCUT2D eigenvalue weighted by Gasteiger charge is -2.48. The molecule has 4 rings (SSSR count). The first-order valence-corrected chi connectivity index (χ1v) is 8.33. The van der Waals surface area contributed by atoms with Gasteiger partial charge in [0.1, 0.15) is 11.5 Å². The smallest absolute Gasteiger partial charge is 0.139 e. The molecule has 1 aromatic carbocycles. The van der Waals surface area contributed by atoms with E-state index < -0.39 is 0 Å². The van der Waals surface area contributed by atoms with Gasteiger partial charge in [0, 0.05) is 11.8 Å². The molecule has 0 amide bonds. The van der Waals surface area contributed by atoms with Crippen molar-refractivity contribution in [2.24, 2.45) is 17.3 Å². The van der Waals surface area contributed by atoms with Crippen molar-refractivity contribution in [1.29, 1.82) is 0 Å². The van der Waals surface area contributed by atoms with Crippen LogP contribution in [0.3, 0.4) is 0 Å². The van der Waals surface area contributed by atoms with Gasteiger partial charge in [-0.3, -0.25) is 4.79 Å². The highest BCUT2D eigenvalue weighted by molar-refractivity contribution is 5.87. The SMILES string of the molecule is COc1ccc2c(c1)CCC1[C@@H]2CCC2(C)C(=O)CC[C@@H]12. The molecule has 2 fully saturated rings. The number of hydrogen-bond donors (Lipinski definition) is 0. The molecule has 1 aromatic rings. The van der Waals surface area contributed by atoms with Gasteiger partial charge < -0.3 is 4.74 Å². The summed E-state index contributed by atoms with van der Waals surface area (Å²) in [5.41, 5.74) is 3.00. The molecule has 0 saturated heterocycles. The van der Waals surface area contributed by atoms with E-state index in [-0.39, 0.29) is 5.41 Å². The van der Waals surface area contributed by atoms with Gasteiger partial charge in [0.15, 0.2) is 0 Å². The maximum absolute atomic E-state index is 12.3. The van der Waals surface area contributed by atoms with Gasteiger partial charge in [-0.15, -0.1) is 0 Å². The fourth-order valence-corrected chi connectivity index (χ4v) is 5.46. The van der Waals surface area contributed by atoms with Gasteiger partial charge in [-0.2, -0.15) is 0 Å². The average molecular weight is 284 g/mol. The highest BCUT2D eigenvalue weighted by Crippen LogP contribution is 2.59. The standard InChI is InChI=1S/C19H24O2/c1-19-10-9-15-14-6-4-13(21-2)11-12(14)3-5-16(15)17(19)7-8-18(19)20/h4,6,11,15-17H,3,5,7-10H2,1-2H3/t15-,16?,17+,19?/m1/s1. The van der Waals surface area contributed by atoms with Crippen LogP contribution in [0.2, 0.25) is 0 Å². The monoisotopic (exact) mass is 284 g/mol. The van der Waals surface area contributed by atoms with Gasteiger partial charge in [-0.25, -0.2) is 0 Å². The summed E-state index contributed by atoms with van der Waals surface area (Å²) in [5.74, 6) is 3.52. The minimum absolute atomic E-state index is 0.00879. The van der Waals surface area contributed by atoms with Gasteiger partial charge in [0.25, 0.3) is 0 Å². The highest BCUT2D eigenvalue weighted by atomic mass is 16.5. The molecular weight excluding hydrogens is 260 g/mol. The first-order chi connectivity index (χ1) is 10.1. The Morgan fingerprint density at radius 3 is 2.86 bits per heavy atom. The Morgan fingerprint density at radius 1 is 1.19 bits per heavy atom. The molecule has 3 aliphatic carbocycles. The molecule has 112 valence electrons. The van der Waals surface area contributed by atoms with Crippen LogP contribution in [0, 0.1) is 17.3 Å². The Hall–Kier alpha value is -1.31. The Morgan fingerprint density at radius 2 is 2.05 bits per heavy atom. The van der Waals surface area contributed by atoms with Crippen molar-refractivity contribution < 1.29 is 9.53 Å². The zero-order chi connectivity index (χ0) is 14.6. The van der Waals surface area contributed by atoms with Crippen molar-refractivity contribution in [2.75, 3.05) is 7.11 Å². The number of ether oxygens (including phenoxy) is 1. The summed E-state index contributed by atoms with van der Waals surface area (Å²) in [6.45, 7) is 2.24. The number of Topliss-reactive ketones (excluding diaryl/α,β-unsaturated/α-hetero) is 1. The predicted octanol–water partition coefficient (Wildman–Crippen LogP) is 4.12. The quantitative estimate of drug-likeness (QED) is 0.775. The number of benzene rings is 1. The Balaban J connectivity index is 1.70. The molecule has 0 heterocycles. The fourth-order valence-electron chi connectivity index (χ4n) is 5.46. The van der Waals surface area contributed by atoms with E-state index >= 15 is 0 Å². The van der Waals surface area contributed by atoms with Crippen LogP contribution in [0.5, 0.6) is 5.75 Å². The second-order valence-electron chi connectivity index (χ2n) is 7.40. The molecule has 2 unspecified atom stereocenters. The lowest BCUT2D eigenvalue weighted by atomic mass is 9.55. The molecule has 0 aromatic heterocycles. The second kappa shape index (κ2) is 4.59. The molecule has 2 nitrogen and oxygen atoms in total. The van der Waals surface area contributed by atoms with Crippen LogP contribution in [0.25, 0.3) is 0 Å². The van der Waals surface area contributed by atoms with Gasteiger partial charge in [-0.05, 0) is 73.1 Å². The first kappa shape index (κ1) is 13.4. The minimum atomic E-state index is -0.00879. The number of carbonyl (C=O) groups excluding carboxylic acids is 1. The number of ketones is 1. The van der Waals surface area contributed by atoms with E-state index in [1.54, 1.807) is 7.11 Å². The Kier molecular flexibility index (Phi) is 2.92. The van der Waals surface area contributed by atoms with E-state index in [1.807, 2.05) is 0 Å². The van der Waals surface area contributed by atoms with Crippen LogP contribution < -0.4 is 4.74 Å². The molecule has 0 bridgehead atoms. The largest absolute Gasteiger partial charge is 0.497 e. The van der Waals surface area contributed by atoms with Crippen LogP contribution in [-0.4, -0.2) is 12.9 Å². The van der Waals surface area contributed by atoms with Gasteiger partial charge in [-0.1, -0.05) is 13.0 Å². The third kappa shape index (κ3) is 1.81. The van der Waals surface area contributed by atoms with Crippen LogP contribution >= 0.6 is 0 Å². The predicted molar refractivity (Wildman–Crippen MR) is 82.6 cm³/mol. The second-order valence-corrected chi connectivity index (χ2v) is 7.40. The van der Waals surface area contributed by atoms with Crippen LogP contribution in [0.15, 0.2) is 18.2 Å². The summed E-state index contributed by atoms with van der Waals surface area (Å²) < 4.78 is 5.37. The van der Waals surface area contributed by atoms with Gasteiger partial charge >= 0.3 is 0 Å². The number of aryl methyl sites for hydroxylation is 1. The molecule has 0 N–H and O–H groups in total. The maximum atomic E-state index is 12.3. The van der Waals surface area contributed by atoms with Crippen molar-refractivity contribution in [3.05, 3.63) is 29.3 Å². The molecular formula is C19H24O2. The van der Waals surface area contributed by atoms with E-state index in [4.69, 9.17) is 4.74 Å². The lowest BCUT2D eigenvalue weighted by Crippen LogP contribution is -2.42. The number of fused-ring (bicyclic) bond motifs is 5. The molecule has 4 atom stereocenters. The summed E-state index contributed by atoms with van der Waals surface area (Å²) in [5, 5.41) is 0. The van der Waals surface area contributed by atoms with Crippen molar-refractivity contribution in [2.45, 2.75) is 51.4 Å². The molecule has 0 radical (unpaired) electrons. The maximum Gasteiger partial charge on any atom is 0.139 e. The summed E-state index contributed by atoms with van der Waals surface area (Å²) in [7, 11) is 1.74. The van der Waals surface area contributed by atoms with E-state index in [9.17, 15) is 4.79 Å². The van der Waals surface area contributed by atoms with E-state index in [1.165, 1.54) is 24.0 Å². The molecule has 0 spiro atoms. The zero-order valence-electron chi connectivity index (χ0n) is 13.0. The van der Waals surface area contributed by atoms with Crippen molar-refractivity contribution in [1.82, 2.24) is 0 Å². The lowest BCUT2D eigenvalue weighted by molar-refractivity contribution is -0.129. The van der Waals surface area contributed by atoms with Crippen molar-refractivity contribution in [3.63, 3.8) is 0 Å². The van der Waals surface area contributed by atoms with Crippen LogP contribution in [0.4, 0.5) is 0 Å². The number of rotatable bonds is 1. The number of methoxy groups -OCH3 is 1. The molecule has 2 saturated carbocycles. The zero-order valence-corrected chi connectivity index (χ0v) is 13.0. The Labute approximate surface area is 126 Å². The third-order valence-electron chi connectivity index (χ3n) is 6.64. The summed E-state index contributed by atoms with van der Waals surface area (Å²) >= 11 is 0. The minimum Gasteiger partial charge on any atom is -0.497 e. The fraction of sp³-hybridized carbons (Fsp3) is 0.632.